The number of hydrogen-bond acceptors (Lipinski definition) is 4. The minimum atomic E-state index is -0.537. The number of carbonyl (C=O) groups excluding carboxylic acids is 4. The standard InChI is InChI=1S/C16H19N3O4/c1-10-4-3-5-11(2)16(10)18-12(20)8-17-13(21)9-19-14(22)6-7-15(19)23/h3-5H,6-9H2,1-2H3,(H,17,21)(H,18,20). The molecule has 0 aliphatic carbocycles. The van der Waals surface area contributed by atoms with Gasteiger partial charge in [0.15, 0.2) is 0 Å². The van der Waals surface area contributed by atoms with Crippen LogP contribution in [-0.4, -0.2) is 41.6 Å². The van der Waals surface area contributed by atoms with Gasteiger partial charge < -0.3 is 10.6 Å². The monoisotopic (exact) mass is 317 g/mol. The normalized spacial score (nSPS) is 14.1. The first kappa shape index (κ1) is 16.7. The SMILES string of the molecule is Cc1cccc(C)c1NC(=O)CNC(=O)CN1C(=O)CCC1=O. The number of likely N-dealkylation sites (tertiary alicyclic amines) is 1. The van der Waals surface area contributed by atoms with Crippen molar-refractivity contribution in [1.29, 1.82) is 0 Å². The molecule has 122 valence electrons. The molecule has 0 radical (unpaired) electrons. The van der Waals surface area contributed by atoms with Gasteiger partial charge in [0.1, 0.15) is 6.54 Å². The Bertz CT molecular complexity index is 633. The average Bonchev–Trinajstić information content (AvgIpc) is 2.81. The van der Waals surface area contributed by atoms with Gasteiger partial charge in [-0.2, -0.15) is 0 Å². The highest BCUT2D eigenvalue weighted by atomic mass is 16.2. The van der Waals surface area contributed by atoms with Crippen LogP contribution < -0.4 is 10.6 Å². The van der Waals surface area contributed by atoms with E-state index in [1.54, 1.807) is 0 Å². The minimum Gasteiger partial charge on any atom is -0.345 e. The van der Waals surface area contributed by atoms with Crippen LogP contribution in [0.25, 0.3) is 0 Å². The number of carbonyl (C=O) groups is 4. The molecule has 7 nitrogen and oxygen atoms in total. The van der Waals surface area contributed by atoms with Crippen LogP contribution in [0.15, 0.2) is 18.2 Å². The zero-order valence-electron chi connectivity index (χ0n) is 13.1. The van der Waals surface area contributed by atoms with Crippen LogP contribution in [0, 0.1) is 13.8 Å². The average molecular weight is 317 g/mol. The van der Waals surface area contributed by atoms with E-state index in [2.05, 4.69) is 10.6 Å². The number of nitrogens with one attached hydrogen (secondary N) is 2. The highest BCUT2D eigenvalue weighted by molar-refractivity contribution is 6.05. The molecule has 7 heteroatoms. The molecule has 1 heterocycles. The third kappa shape index (κ3) is 4.15. The molecule has 0 spiro atoms. The van der Waals surface area contributed by atoms with Crippen molar-refractivity contribution in [1.82, 2.24) is 10.2 Å². The summed E-state index contributed by atoms with van der Waals surface area (Å²) in [5, 5.41) is 5.16. The number of rotatable bonds is 5. The van der Waals surface area contributed by atoms with Gasteiger partial charge in [-0.15, -0.1) is 0 Å². The van der Waals surface area contributed by atoms with E-state index in [9.17, 15) is 19.2 Å². The maximum absolute atomic E-state index is 11.9. The largest absolute Gasteiger partial charge is 0.345 e. The van der Waals surface area contributed by atoms with Crippen LogP contribution in [0.2, 0.25) is 0 Å². The summed E-state index contributed by atoms with van der Waals surface area (Å²) in [4.78, 5) is 47.4. The van der Waals surface area contributed by atoms with Gasteiger partial charge in [-0.1, -0.05) is 18.2 Å². The van der Waals surface area contributed by atoms with Gasteiger partial charge in [0.05, 0.1) is 6.54 Å². The zero-order valence-corrected chi connectivity index (χ0v) is 13.1. The molecule has 1 aliphatic heterocycles. The quantitative estimate of drug-likeness (QED) is 0.773. The van der Waals surface area contributed by atoms with Gasteiger partial charge in [0.2, 0.25) is 23.6 Å². The number of hydrogen-bond donors (Lipinski definition) is 2. The molecule has 0 bridgehead atoms. The van der Waals surface area contributed by atoms with Crippen molar-refractivity contribution in [2.75, 3.05) is 18.4 Å². The summed E-state index contributed by atoms with van der Waals surface area (Å²) in [7, 11) is 0. The Labute approximate surface area is 134 Å². The van der Waals surface area contributed by atoms with Crippen molar-refractivity contribution in [3.05, 3.63) is 29.3 Å². The van der Waals surface area contributed by atoms with Crippen LogP contribution in [0.5, 0.6) is 0 Å². The van der Waals surface area contributed by atoms with Crippen LogP contribution >= 0.6 is 0 Å². The molecule has 2 N–H and O–H groups in total. The highest BCUT2D eigenvalue weighted by Crippen LogP contribution is 2.19. The summed E-state index contributed by atoms with van der Waals surface area (Å²) in [5.41, 5.74) is 2.58. The van der Waals surface area contributed by atoms with Gasteiger partial charge >= 0.3 is 0 Å². The molecule has 1 saturated heterocycles. The van der Waals surface area contributed by atoms with Gasteiger partial charge in [-0.3, -0.25) is 24.1 Å². The first-order valence-corrected chi connectivity index (χ1v) is 7.34. The highest BCUT2D eigenvalue weighted by Gasteiger charge is 2.30. The van der Waals surface area contributed by atoms with Gasteiger partial charge in [0, 0.05) is 18.5 Å². The second-order valence-corrected chi connectivity index (χ2v) is 5.47. The molecule has 2 rings (SSSR count). The number of nitrogens with zero attached hydrogens (tertiary/aromatic N) is 1. The Kier molecular flexibility index (Phi) is 5.10. The predicted molar refractivity (Wildman–Crippen MR) is 83.5 cm³/mol. The molecule has 4 amide bonds. The molecule has 23 heavy (non-hydrogen) atoms. The van der Waals surface area contributed by atoms with E-state index in [1.807, 2.05) is 32.0 Å². The molecular formula is C16H19N3O4. The number of amides is 4. The lowest BCUT2D eigenvalue weighted by molar-refractivity contribution is -0.142. The lowest BCUT2D eigenvalue weighted by Crippen LogP contribution is -2.42. The van der Waals surface area contributed by atoms with Gasteiger partial charge in [-0.25, -0.2) is 0 Å². The van der Waals surface area contributed by atoms with Crippen molar-refractivity contribution < 1.29 is 19.2 Å². The fourth-order valence-corrected chi connectivity index (χ4v) is 2.37. The van der Waals surface area contributed by atoms with E-state index in [0.717, 1.165) is 21.7 Å². The van der Waals surface area contributed by atoms with Crippen LogP contribution in [-0.2, 0) is 19.2 Å². The Morgan fingerprint density at radius 3 is 2.17 bits per heavy atom. The van der Waals surface area contributed by atoms with Crippen LogP contribution in [0.1, 0.15) is 24.0 Å². The predicted octanol–water partition coefficient (Wildman–Crippen LogP) is 0.507. The van der Waals surface area contributed by atoms with E-state index in [1.165, 1.54) is 0 Å². The molecule has 0 aromatic heterocycles. The Hall–Kier alpha value is -2.70. The smallest absolute Gasteiger partial charge is 0.243 e. The fraction of sp³-hybridized carbons (Fsp3) is 0.375. The van der Waals surface area contributed by atoms with Crippen molar-refractivity contribution >= 4 is 29.3 Å². The minimum absolute atomic E-state index is 0.138. The van der Waals surface area contributed by atoms with E-state index in [0.29, 0.717) is 0 Å². The van der Waals surface area contributed by atoms with Gasteiger partial charge in [0.25, 0.3) is 0 Å². The van der Waals surface area contributed by atoms with Crippen molar-refractivity contribution in [2.24, 2.45) is 0 Å². The summed E-state index contributed by atoms with van der Waals surface area (Å²) in [5.74, 6) is -1.62. The van der Waals surface area contributed by atoms with Crippen molar-refractivity contribution in [3.63, 3.8) is 0 Å². The van der Waals surface area contributed by atoms with E-state index in [4.69, 9.17) is 0 Å². The summed E-state index contributed by atoms with van der Waals surface area (Å²) in [6.45, 7) is 3.20. The van der Waals surface area contributed by atoms with Crippen LogP contribution in [0.4, 0.5) is 5.69 Å². The second kappa shape index (κ2) is 7.04. The first-order valence-electron chi connectivity index (χ1n) is 7.34. The third-order valence-electron chi connectivity index (χ3n) is 3.65. The molecule has 0 saturated carbocycles. The summed E-state index contributed by atoms with van der Waals surface area (Å²) < 4.78 is 0. The maximum atomic E-state index is 11.9. The Morgan fingerprint density at radius 1 is 1.04 bits per heavy atom. The first-order chi connectivity index (χ1) is 10.9. The fourth-order valence-electron chi connectivity index (χ4n) is 2.37. The number of para-hydroxylation sites is 1. The van der Waals surface area contributed by atoms with Crippen LogP contribution in [0.3, 0.4) is 0 Å². The summed E-state index contributed by atoms with van der Waals surface area (Å²) >= 11 is 0. The lowest BCUT2D eigenvalue weighted by Gasteiger charge is -2.14. The Morgan fingerprint density at radius 2 is 1.61 bits per heavy atom. The van der Waals surface area contributed by atoms with E-state index in [-0.39, 0.29) is 43.7 Å². The number of imide groups is 1. The second-order valence-electron chi connectivity index (χ2n) is 5.47. The Balaban J connectivity index is 1.83. The summed E-state index contributed by atoms with van der Waals surface area (Å²) in [6, 6.07) is 5.66. The molecule has 1 aromatic carbocycles. The molecule has 0 unspecified atom stereocenters. The molecule has 0 atom stereocenters. The number of anilines is 1. The molecule has 1 fully saturated rings. The topological polar surface area (TPSA) is 95.6 Å². The number of benzene rings is 1. The maximum Gasteiger partial charge on any atom is 0.243 e. The lowest BCUT2D eigenvalue weighted by atomic mass is 10.1. The van der Waals surface area contributed by atoms with Crippen molar-refractivity contribution in [3.8, 4) is 0 Å². The van der Waals surface area contributed by atoms with E-state index < -0.39 is 5.91 Å². The van der Waals surface area contributed by atoms with Crippen molar-refractivity contribution in [2.45, 2.75) is 26.7 Å². The molecular weight excluding hydrogens is 298 g/mol. The third-order valence-corrected chi connectivity index (χ3v) is 3.65. The zero-order chi connectivity index (χ0) is 17.0. The summed E-state index contributed by atoms with van der Waals surface area (Å²) in [6.07, 6.45) is 0.276. The molecule has 1 aromatic rings. The van der Waals surface area contributed by atoms with E-state index >= 15 is 0 Å². The number of aryl methyl sites for hydroxylation is 2. The van der Waals surface area contributed by atoms with Gasteiger partial charge in [-0.05, 0) is 25.0 Å². The molecule has 1 aliphatic rings.